The average Bonchev–Trinajstić information content (AvgIpc) is 2.39. The van der Waals surface area contributed by atoms with Crippen LogP contribution in [0.1, 0.15) is 32.6 Å². The first-order valence-electron chi connectivity index (χ1n) is 6.32. The van der Waals surface area contributed by atoms with Gasteiger partial charge >= 0.3 is 18.0 Å². The zero-order chi connectivity index (χ0) is 16.5. The number of rotatable bonds is 4. The Kier molecular flexibility index (Phi) is 5.39. The van der Waals surface area contributed by atoms with Gasteiger partial charge in [0.1, 0.15) is 0 Å². The predicted octanol–water partition coefficient (Wildman–Crippen LogP) is 3.21. The van der Waals surface area contributed by atoms with E-state index < -0.39 is 29.3 Å². The molecule has 0 radical (unpaired) electrons. The number of alkyl halides is 6. The van der Waals surface area contributed by atoms with Crippen LogP contribution in [0.3, 0.4) is 0 Å². The van der Waals surface area contributed by atoms with Crippen LogP contribution in [0.5, 0.6) is 0 Å². The molecule has 0 aromatic rings. The molecule has 1 N–H and O–H groups in total. The quantitative estimate of drug-likeness (QED) is 0.602. The van der Waals surface area contributed by atoms with Gasteiger partial charge in [-0.15, -0.1) is 0 Å². The maximum Gasteiger partial charge on any atom is 0.463 e. The van der Waals surface area contributed by atoms with Gasteiger partial charge in [-0.3, -0.25) is 9.59 Å². The second-order valence-electron chi connectivity index (χ2n) is 5.35. The Bertz CT molecular complexity index is 416. The number of carbonyl (C=O) groups excluding carboxylic acids is 2. The van der Waals surface area contributed by atoms with Crippen molar-refractivity contribution in [2.75, 3.05) is 5.33 Å². The summed E-state index contributed by atoms with van der Waals surface area (Å²) in [6, 6.07) is 0. The Morgan fingerprint density at radius 1 is 1.19 bits per heavy atom. The number of carbonyl (C=O) groups is 2. The molecular weight excluding hydrogens is 365 g/mol. The van der Waals surface area contributed by atoms with Crippen molar-refractivity contribution in [1.29, 1.82) is 0 Å². The molecular formula is C12H15BrF5NO2. The van der Waals surface area contributed by atoms with Crippen molar-refractivity contribution in [3.8, 4) is 0 Å². The largest absolute Gasteiger partial charge is 0.463 e. The molecule has 1 amide bonds. The second kappa shape index (κ2) is 6.18. The van der Waals surface area contributed by atoms with Gasteiger partial charge in [-0.05, 0) is 31.6 Å². The van der Waals surface area contributed by atoms with E-state index in [-0.39, 0.29) is 24.1 Å². The summed E-state index contributed by atoms with van der Waals surface area (Å²) >= 11 is 2.87. The van der Waals surface area contributed by atoms with E-state index in [0.717, 1.165) is 0 Å². The maximum atomic E-state index is 13.0. The summed E-state index contributed by atoms with van der Waals surface area (Å²) in [6.07, 6.45) is -4.94. The minimum absolute atomic E-state index is 0.0538. The summed E-state index contributed by atoms with van der Waals surface area (Å²) in [5.74, 6) is -8.36. The highest BCUT2D eigenvalue weighted by Crippen LogP contribution is 2.38. The summed E-state index contributed by atoms with van der Waals surface area (Å²) in [5, 5.41) is 1.44. The number of amides is 1. The van der Waals surface area contributed by atoms with Crippen LogP contribution in [-0.2, 0) is 9.59 Å². The van der Waals surface area contributed by atoms with E-state index in [1.54, 1.807) is 5.32 Å². The van der Waals surface area contributed by atoms with Crippen molar-refractivity contribution in [2.24, 2.45) is 5.92 Å². The second-order valence-corrected chi connectivity index (χ2v) is 5.91. The maximum absolute atomic E-state index is 13.0. The van der Waals surface area contributed by atoms with E-state index in [2.05, 4.69) is 15.9 Å². The van der Waals surface area contributed by atoms with Gasteiger partial charge in [-0.1, -0.05) is 22.9 Å². The van der Waals surface area contributed by atoms with E-state index in [1.807, 2.05) is 6.92 Å². The van der Waals surface area contributed by atoms with Gasteiger partial charge in [-0.25, -0.2) is 0 Å². The molecule has 0 heterocycles. The Hall–Kier alpha value is -0.730. The Balaban J connectivity index is 2.98. The molecule has 1 fully saturated rings. The third-order valence-electron chi connectivity index (χ3n) is 3.78. The minimum atomic E-state index is -5.99. The lowest BCUT2D eigenvalue weighted by Crippen LogP contribution is -2.62. The third kappa shape index (κ3) is 3.73. The number of hydrogen-bond donors (Lipinski definition) is 1. The SMILES string of the molecule is CC1CCC(NC(=O)C(F)(F)C(F)(F)F)(C(=O)CBr)CC1. The first kappa shape index (κ1) is 18.3. The molecule has 1 aliphatic rings. The van der Waals surface area contributed by atoms with Crippen LogP contribution in [0.2, 0.25) is 0 Å². The smallest absolute Gasteiger partial charge is 0.338 e. The van der Waals surface area contributed by atoms with Crippen LogP contribution in [0.15, 0.2) is 0 Å². The number of ketones is 1. The van der Waals surface area contributed by atoms with Crippen molar-refractivity contribution in [3.63, 3.8) is 0 Å². The number of Topliss-reactive ketones (excluding diaryl/α,β-unsaturated/α-hetero) is 1. The van der Waals surface area contributed by atoms with Gasteiger partial charge in [0.05, 0.1) is 10.9 Å². The zero-order valence-electron chi connectivity index (χ0n) is 11.2. The van der Waals surface area contributed by atoms with Crippen LogP contribution in [0.4, 0.5) is 22.0 Å². The lowest BCUT2D eigenvalue weighted by molar-refractivity contribution is -0.270. The summed E-state index contributed by atoms with van der Waals surface area (Å²) in [6.45, 7) is 1.88. The monoisotopic (exact) mass is 379 g/mol. The fourth-order valence-electron chi connectivity index (χ4n) is 2.28. The Morgan fingerprint density at radius 3 is 2.05 bits per heavy atom. The Morgan fingerprint density at radius 2 is 1.67 bits per heavy atom. The molecule has 9 heteroatoms. The van der Waals surface area contributed by atoms with Crippen molar-refractivity contribution in [3.05, 3.63) is 0 Å². The summed E-state index contributed by atoms with van der Waals surface area (Å²) in [7, 11) is 0. The van der Waals surface area contributed by atoms with Crippen LogP contribution in [0.25, 0.3) is 0 Å². The van der Waals surface area contributed by atoms with Crippen LogP contribution < -0.4 is 5.32 Å². The van der Waals surface area contributed by atoms with Gasteiger partial charge in [0.25, 0.3) is 0 Å². The highest BCUT2D eigenvalue weighted by molar-refractivity contribution is 9.09. The first-order chi connectivity index (χ1) is 9.46. The average molecular weight is 380 g/mol. The lowest BCUT2D eigenvalue weighted by atomic mass is 9.75. The van der Waals surface area contributed by atoms with E-state index in [0.29, 0.717) is 12.8 Å². The molecule has 0 spiro atoms. The van der Waals surface area contributed by atoms with Gasteiger partial charge in [0.2, 0.25) is 0 Å². The molecule has 1 aliphatic carbocycles. The molecule has 3 nitrogen and oxygen atoms in total. The molecule has 1 rings (SSSR count). The fourth-order valence-corrected chi connectivity index (χ4v) is 2.82. The Labute approximate surface area is 126 Å². The van der Waals surface area contributed by atoms with E-state index in [9.17, 15) is 31.5 Å². The van der Waals surface area contributed by atoms with Crippen molar-refractivity contribution < 1.29 is 31.5 Å². The highest BCUT2D eigenvalue weighted by atomic mass is 79.9. The van der Waals surface area contributed by atoms with Gasteiger partial charge in [0.15, 0.2) is 5.78 Å². The van der Waals surface area contributed by atoms with Gasteiger partial charge in [-0.2, -0.15) is 22.0 Å². The van der Waals surface area contributed by atoms with Crippen LogP contribution >= 0.6 is 15.9 Å². The first-order valence-corrected chi connectivity index (χ1v) is 7.45. The van der Waals surface area contributed by atoms with E-state index in [1.165, 1.54) is 0 Å². The highest BCUT2D eigenvalue weighted by Gasteiger charge is 2.64. The normalized spacial score (nSPS) is 27.3. The molecule has 0 saturated heterocycles. The molecule has 0 aliphatic heterocycles. The van der Waals surface area contributed by atoms with Crippen LogP contribution in [-0.4, -0.2) is 34.7 Å². The van der Waals surface area contributed by atoms with Crippen molar-refractivity contribution >= 4 is 27.6 Å². The molecule has 0 aromatic heterocycles. The van der Waals surface area contributed by atoms with Crippen LogP contribution in [0, 0.1) is 5.92 Å². The van der Waals surface area contributed by atoms with E-state index in [4.69, 9.17) is 0 Å². The van der Waals surface area contributed by atoms with Crippen molar-refractivity contribution in [2.45, 2.75) is 50.2 Å². The van der Waals surface area contributed by atoms with E-state index >= 15 is 0 Å². The predicted molar refractivity (Wildman–Crippen MR) is 68.3 cm³/mol. The molecule has 122 valence electrons. The zero-order valence-corrected chi connectivity index (χ0v) is 12.8. The minimum Gasteiger partial charge on any atom is -0.338 e. The number of nitrogens with one attached hydrogen (secondary N) is 1. The summed E-state index contributed by atoms with van der Waals surface area (Å²) < 4.78 is 62.7. The van der Waals surface area contributed by atoms with Gasteiger partial charge < -0.3 is 5.32 Å². The molecule has 1 saturated carbocycles. The van der Waals surface area contributed by atoms with Crippen molar-refractivity contribution in [1.82, 2.24) is 5.32 Å². The summed E-state index contributed by atoms with van der Waals surface area (Å²) in [5.41, 5.74) is -1.65. The van der Waals surface area contributed by atoms with Gasteiger partial charge in [0, 0.05) is 0 Å². The standard InChI is InChI=1S/C12H15BrF5NO2/c1-7-2-4-10(5-3-7,8(20)6-13)19-9(21)11(14,15)12(16,17)18/h7H,2-6H2,1H3,(H,19,21). The molecule has 0 aromatic carbocycles. The summed E-state index contributed by atoms with van der Waals surface area (Å²) in [4.78, 5) is 23.3. The molecule has 0 atom stereocenters. The molecule has 21 heavy (non-hydrogen) atoms. The number of hydrogen-bond acceptors (Lipinski definition) is 2. The molecule has 0 bridgehead atoms. The third-order valence-corrected chi connectivity index (χ3v) is 4.29. The number of halogens is 6. The topological polar surface area (TPSA) is 46.2 Å². The fraction of sp³-hybridized carbons (Fsp3) is 0.833. The lowest BCUT2D eigenvalue weighted by Gasteiger charge is -2.39. The molecule has 0 unspecified atom stereocenters.